The van der Waals surface area contributed by atoms with Crippen molar-refractivity contribution in [3.8, 4) is 5.75 Å². The number of benzene rings is 1. The third-order valence-electron chi connectivity index (χ3n) is 5.80. The van der Waals surface area contributed by atoms with Gasteiger partial charge in [0.1, 0.15) is 5.75 Å². The number of para-hydroxylation sites is 1. The minimum Gasteiger partial charge on any atom is -0.496 e. The molecule has 0 radical (unpaired) electrons. The van der Waals surface area contributed by atoms with Crippen LogP contribution in [0.4, 0.5) is 0 Å². The van der Waals surface area contributed by atoms with Crippen LogP contribution in [-0.2, 0) is 0 Å². The molecule has 2 nitrogen and oxygen atoms in total. The molecule has 0 amide bonds. The molecular formula is C18H25NO. The van der Waals surface area contributed by atoms with E-state index in [4.69, 9.17) is 4.74 Å². The van der Waals surface area contributed by atoms with Gasteiger partial charge in [-0.05, 0) is 67.4 Å². The molecule has 0 heterocycles. The fourth-order valence-corrected chi connectivity index (χ4v) is 3.98. The van der Waals surface area contributed by atoms with Crippen molar-refractivity contribution < 1.29 is 4.74 Å². The first kappa shape index (κ1) is 12.7. The summed E-state index contributed by atoms with van der Waals surface area (Å²) in [5.74, 6) is 2.83. The quantitative estimate of drug-likeness (QED) is 0.851. The molecule has 20 heavy (non-hydrogen) atoms. The fraction of sp³-hybridized carbons (Fsp3) is 0.667. The molecule has 0 spiro atoms. The van der Waals surface area contributed by atoms with Crippen LogP contribution in [0.3, 0.4) is 0 Å². The standard InChI is InChI=1S/C18H25NO/c1-20-17-5-3-2-4-16(17)13-10-15(11-13)19-12-18(8-9-18)14-6-7-14/h2-5,13-15,19H,6-12H2,1H3. The first-order valence-electron chi connectivity index (χ1n) is 8.17. The molecule has 0 aromatic heterocycles. The van der Waals surface area contributed by atoms with E-state index in [0.717, 1.165) is 23.1 Å². The predicted molar refractivity (Wildman–Crippen MR) is 81.2 cm³/mol. The lowest BCUT2D eigenvalue weighted by atomic mass is 9.75. The van der Waals surface area contributed by atoms with Crippen molar-refractivity contribution in [2.45, 2.75) is 50.5 Å². The largest absolute Gasteiger partial charge is 0.496 e. The van der Waals surface area contributed by atoms with Crippen LogP contribution < -0.4 is 10.1 Å². The number of nitrogens with one attached hydrogen (secondary N) is 1. The highest BCUT2D eigenvalue weighted by Crippen LogP contribution is 2.61. The van der Waals surface area contributed by atoms with Gasteiger partial charge in [-0.25, -0.2) is 0 Å². The summed E-state index contributed by atoms with van der Waals surface area (Å²) < 4.78 is 5.48. The van der Waals surface area contributed by atoms with Gasteiger partial charge in [0.05, 0.1) is 7.11 Å². The van der Waals surface area contributed by atoms with Crippen molar-refractivity contribution in [3.05, 3.63) is 29.8 Å². The van der Waals surface area contributed by atoms with Crippen LogP contribution >= 0.6 is 0 Å². The fourth-order valence-electron chi connectivity index (χ4n) is 3.98. The van der Waals surface area contributed by atoms with E-state index in [1.165, 1.54) is 50.6 Å². The summed E-state index contributed by atoms with van der Waals surface area (Å²) in [6.07, 6.45) is 8.51. The van der Waals surface area contributed by atoms with E-state index in [1.807, 2.05) is 0 Å². The highest BCUT2D eigenvalue weighted by atomic mass is 16.5. The SMILES string of the molecule is COc1ccccc1C1CC(NCC2(C3CC3)CC2)C1. The van der Waals surface area contributed by atoms with E-state index in [9.17, 15) is 0 Å². The van der Waals surface area contributed by atoms with E-state index < -0.39 is 0 Å². The third kappa shape index (κ3) is 2.24. The topological polar surface area (TPSA) is 21.3 Å². The first-order valence-corrected chi connectivity index (χ1v) is 8.17. The van der Waals surface area contributed by atoms with Gasteiger partial charge in [-0.3, -0.25) is 0 Å². The Bertz CT molecular complexity index is 484. The number of ether oxygens (including phenoxy) is 1. The Morgan fingerprint density at radius 1 is 1.20 bits per heavy atom. The molecule has 3 aliphatic rings. The van der Waals surface area contributed by atoms with Crippen LogP contribution in [0.15, 0.2) is 24.3 Å². The van der Waals surface area contributed by atoms with Crippen LogP contribution in [-0.4, -0.2) is 19.7 Å². The van der Waals surface area contributed by atoms with E-state index >= 15 is 0 Å². The Labute approximate surface area is 121 Å². The number of hydrogen-bond donors (Lipinski definition) is 1. The van der Waals surface area contributed by atoms with Crippen molar-refractivity contribution in [3.63, 3.8) is 0 Å². The molecule has 4 rings (SSSR count). The zero-order valence-electron chi connectivity index (χ0n) is 12.4. The zero-order chi connectivity index (χ0) is 13.6. The van der Waals surface area contributed by atoms with Crippen molar-refractivity contribution >= 4 is 0 Å². The first-order chi connectivity index (χ1) is 9.81. The summed E-state index contributed by atoms with van der Waals surface area (Å²) in [5, 5.41) is 3.84. The summed E-state index contributed by atoms with van der Waals surface area (Å²) in [6.45, 7) is 1.28. The summed E-state index contributed by atoms with van der Waals surface area (Å²) in [4.78, 5) is 0. The molecule has 3 aliphatic carbocycles. The van der Waals surface area contributed by atoms with Crippen molar-refractivity contribution in [2.75, 3.05) is 13.7 Å². The van der Waals surface area contributed by atoms with Gasteiger partial charge >= 0.3 is 0 Å². The molecule has 0 unspecified atom stereocenters. The van der Waals surface area contributed by atoms with E-state index in [2.05, 4.69) is 29.6 Å². The van der Waals surface area contributed by atoms with Crippen LogP contribution in [0.1, 0.15) is 50.0 Å². The average Bonchev–Trinajstić information content (AvgIpc) is 3.29. The third-order valence-corrected chi connectivity index (χ3v) is 5.80. The normalized spacial score (nSPS) is 30.6. The summed E-state index contributed by atoms with van der Waals surface area (Å²) >= 11 is 0. The molecule has 1 N–H and O–H groups in total. The van der Waals surface area contributed by atoms with Gasteiger partial charge in [-0.1, -0.05) is 18.2 Å². The lowest BCUT2D eigenvalue weighted by Gasteiger charge is -2.38. The Balaban J connectivity index is 1.29. The molecule has 0 aliphatic heterocycles. The van der Waals surface area contributed by atoms with Crippen LogP contribution in [0.2, 0.25) is 0 Å². The number of methoxy groups -OCH3 is 1. The van der Waals surface area contributed by atoms with Gasteiger partial charge in [0.2, 0.25) is 0 Å². The molecular weight excluding hydrogens is 246 g/mol. The Hall–Kier alpha value is -1.02. The monoisotopic (exact) mass is 271 g/mol. The van der Waals surface area contributed by atoms with E-state index in [0.29, 0.717) is 5.92 Å². The molecule has 0 saturated heterocycles. The summed E-state index contributed by atoms with van der Waals surface area (Å²) in [7, 11) is 1.78. The second kappa shape index (κ2) is 4.77. The minimum atomic E-state index is 0.694. The smallest absolute Gasteiger partial charge is 0.122 e. The lowest BCUT2D eigenvalue weighted by molar-refractivity contribution is 0.257. The Morgan fingerprint density at radius 2 is 1.95 bits per heavy atom. The number of rotatable bonds is 6. The second-order valence-corrected chi connectivity index (χ2v) is 7.12. The Morgan fingerprint density at radius 3 is 2.60 bits per heavy atom. The van der Waals surface area contributed by atoms with Crippen molar-refractivity contribution in [1.29, 1.82) is 0 Å². The second-order valence-electron chi connectivity index (χ2n) is 7.12. The zero-order valence-corrected chi connectivity index (χ0v) is 12.4. The van der Waals surface area contributed by atoms with Gasteiger partial charge in [-0.2, -0.15) is 0 Å². The molecule has 1 aromatic rings. The molecule has 3 saturated carbocycles. The molecule has 1 aromatic carbocycles. The van der Waals surface area contributed by atoms with Gasteiger partial charge in [0.25, 0.3) is 0 Å². The molecule has 0 bridgehead atoms. The van der Waals surface area contributed by atoms with Gasteiger partial charge < -0.3 is 10.1 Å². The highest BCUT2D eigenvalue weighted by Gasteiger charge is 2.53. The maximum Gasteiger partial charge on any atom is 0.122 e. The number of hydrogen-bond acceptors (Lipinski definition) is 2. The van der Waals surface area contributed by atoms with Crippen molar-refractivity contribution in [1.82, 2.24) is 5.32 Å². The maximum atomic E-state index is 5.48. The summed E-state index contributed by atoms with van der Waals surface area (Å²) in [5.41, 5.74) is 2.13. The van der Waals surface area contributed by atoms with Crippen LogP contribution in [0.25, 0.3) is 0 Å². The van der Waals surface area contributed by atoms with E-state index in [-0.39, 0.29) is 0 Å². The summed E-state index contributed by atoms with van der Waals surface area (Å²) in [6, 6.07) is 9.24. The molecule has 0 atom stereocenters. The van der Waals surface area contributed by atoms with Crippen LogP contribution in [0, 0.1) is 11.3 Å². The van der Waals surface area contributed by atoms with Crippen LogP contribution in [0.5, 0.6) is 5.75 Å². The lowest BCUT2D eigenvalue weighted by Crippen LogP contribution is -2.43. The van der Waals surface area contributed by atoms with Gasteiger partial charge in [0, 0.05) is 12.6 Å². The molecule has 2 heteroatoms. The average molecular weight is 271 g/mol. The highest BCUT2D eigenvalue weighted by molar-refractivity contribution is 5.37. The van der Waals surface area contributed by atoms with Gasteiger partial charge in [0.15, 0.2) is 0 Å². The minimum absolute atomic E-state index is 0.694. The molecule has 3 fully saturated rings. The Kier molecular flexibility index (Phi) is 3.03. The predicted octanol–water partition coefficient (Wildman–Crippen LogP) is 3.72. The maximum absolute atomic E-state index is 5.48. The van der Waals surface area contributed by atoms with Gasteiger partial charge in [-0.15, -0.1) is 0 Å². The van der Waals surface area contributed by atoms with E-state index in [1.54, 1.807) is 7.11 Å². The molecule has 108 valence electrons. The van der Waals surface area contributed by atoms with Crippen molar-refractivity contribution in [2.24, 2.45) is 11.3 Å².